The highest BCUT2D eigenvalue weighted by molar-refractivity contribution is 9.10. The molecule has 2 atom stereocenters. The number of hydrogen-bond acceptors (Lipinski definition) is 3. The Kier molecular flexibility index (Phi) is 7.18. The first-order valence-corrected chi connectivity index (χ1v) is 7.45. The van der Waals surface area contributed by atoms with Crippen LogP contribution in [0, 0.1) is 11.6 Å². The zero-order valence-corrected chi connectivity index (χ0v) is 14.4. The van der Waals surface area contributed by atoms with Crippen molar-refractivity contribution in [1.82, 2.24) is 4.90 Å². The van der Waals surface area contributed by atoms with Gasteiger partial charge in [-0.05, 0) is 40.9 Å². The van der Waals surface area contributed by atoms with Crippen molar-refractivity contribution >= 4 is 34.2 Å². The van der Waals surface area contributed by atoms with Crippen molar-refractivity contribution in [3.05, 3.63) is 33.8 Å². The predicted octanol–water partition coefficient (Wildman–Crippen LogP) is 2.73. The van der Waals surface area contributed by atoms with Gasteiger partial charge in [0.1, 0.15) is 0 Å². The van der Waals surface area contributed by atoms with Gasteiger partial charge in [-0.15, -0.1) is 12.4 Å². The van der Waals surface area contributed by atoms with Crippen LogP contribution in [-0.4, -0.2) is 43.2 Å². The molecule has 2 unspecified atom stereocenters. The molecule has 0 radical (unpaired) electrons. The molecule has 1 aliphatic rings. The third kappa shape index (κ3) is 3.95. The smallest absolute Gasteiger partial charge is 0.255 e. The van der Waals surface area contributed by atoms with Crippen LogP contribution in [0.5, 0.6) is 0 Å². The van der Waals surface area contributed by atoms with Crippen LogP contribution in [0.4, 0.5) is 8.78 Å². The van der Waals surface area contributed by atoms with Gasteiger partial charge in [-0.1, -0.05) is 0 Å². The molecule has 4 nitrogen and oxygen atoms in total. The lowest BCUT2D eigenvalue weighted by Crippen LogP contribution is -2.51. The number of ether oxygens (including phenoxy) is 1. The van der Waals surface area contributed by atoms with Gasteiger partial charge in [-0.3, -0.25) is 4.79 Å². The lowest BCUT2D eigenvalue weighted by atomic mass is 9.98. The van der Waals surface area contributed by atoms with E-state index in [1.165, 1.54) is 0 Å². The number of rotatable bonds is 3. The standard InChI is InChI=1S/C14H17BrF2N2O2.ClH/c1-21-9-2-3-19(8(4-9)7-18)14(20)10-5-12(16)13(17)6-11(10)15;/h5-6,8-9H,2-4,7,18H2,1H3;1H. The highest BCUT2D eigenvalue weighted by Gasteiger charge is 2.32. The van der Waals surface area contributed by atoms with Crippen molar-refractivity contribution in [1.29, 1.82) is 0 Å². The van der Waals surface area contributed by atoms with Crippen LogP contribution in [0.2, 0.25) is 0 Å². The number of piperidine rings is 1. The number of carbonyl (C=O) groups excluding carboxylic acids is 1. The second kappa shape index (κ2) is 8.19. The van der Waals surface area contributed by atoms with E-state index in [4.69, 9.17) is 10.5 Å². The molecule has 0 spiro atoms. The number of halogens is 4. The minimum Gasteiger partial charge on any atom is -0.381 e. The van der Waals surface area contributed by atoms with E-state index in [0.717, 1.165) is 12.1 Å². The molecule has 2 N–H and O–H groups in total. The number of benzene rings is 1. The maximum Gasteiger partial charge on any atom is 0.255 e. The molecule has 0 saturated carbocycles. The molecule has 1 fully saturated rings. The monoisotopic (exact) mass is 398 g/mol. The number of methoxy groups -OCH3 is 1. The predicted molar refractivity (Wildman–Crippen MR) is 85.2 cm³/mol. The number of nitrogens with two attached hydrogens (primary N) is 1. The first-order chi connectivity index (χ1) is 9.97. The molecule has 1 aromatic carbocycles. The van der Waals surface area contributed by atoms with E-state index >= 15 is 0 Å². The fourth-order valence-corrected chi connectivity index (χ4v) is 3.05. The molecular formula is C14H18BrClF2N2O2. The van der Waals surface area contributed by atoms with Gasteiger partial charge in [0.2, 0.25) is 0 Å². The number of carbonyl (C=O) groups is 1. The summed E-state index contributed by atoms with van der Waals surface area (Å²) in [6, 6.07) is 1.70. The quantitative estimate of drug-likeness (QED) is 0.795. The van der Waals surface area contributed by atoms with E-state index in [-0.39, 0.29) is 40.5 Å². The Morgan fingerprint density at radius 2 is 2.09 bits per heavy atom. The van der Waals surface area contributed by atoms with Gasteiger partial charge in [0, 0.05) is 30.7 Å². The average molecular weight is 400 g/mol. The Balaban J connectivity index is 0.00000242. The maximum atomic E-state index is 13.4. The molecule has 0 aliphatic carbocycles. The van der Waals surface area contributed by atoms with E-state index in [0.29, 0.717) is 25.9 Å². The summed E-state index contributed by atoms with van der Waals surface area (Å²) < 4.78 is 32.0. The van der Waals surface area contributed by atoms with E-state index in [1.54, 1.807) is 12.0 Å². The molecule has 1 aliphatic heterocycles. The van der Waals surface area contributed by atoms with E-state index in [9.17, 15) is 13.6 Å². The summed E-state index contributed by atoms with van der Waals surface area (Å²) in [4.78, 5) is 14.2. The third-order valence-corrected chi connectivity index (χ3v) is 4.43. The normalized spacial score (nSPS) is 21.4. The van der Waals surface area contributed by atoms with Crippen molar-refractivity contribution in [3.63, 3.8) is 0 Å². The van der Waals surface area contributed by atoms with Crippen molar-refractivity contribution in [3.8, 4) is 0 Å². The van der Waals surface area contributed by atoms with Crippen molar-refractivity contribution in [2.45, 2.75) is 25.0 Å². The Hall–Kier alpha value is -0.760. The van der Waals surface area contributed by atoms with Crippen molar-refractivity contribution in [2.75, 3.05) is 20.2 Å². The minimum atomic E-state index is -1.04. The molecule has 8 heteroatoms. The van der Waals surface area contributed by atoms with Crippen LogP contribution >= 0.6 is 28.3 Å². The van der Waals surface area contributed by atoms with Gasteiger partial charge < -0.3 is 15.4 Å². The Labute approximate surface area is 142 Å². The SMILES string of the molecule is COC1CCN(C(=O)c2cc(F)c(F)cc2Br)C(CN)C1.Cl. The first kappa shape index (κ1) is 19.3. The molecule has 1 aromatic rings. The fraction of sp³-hybridized carbons (Fsp3) is 0.500. The van der Waals surface area contributed by atoms with Gasteiger partial charge in [0.15, 0.2) is 11.6 Å². The largest absolute Gasteiger partial charge is 0.381 e. The van der Waals surface area contributed by atoms with Gasteiger partial charge in [-0.25, -0.2) is 8.78 Å². The number of amides is 1. The Bertz CT molecular complexity index is 548. The summed E-state index contributed by atoms with van der Waals surface area (Å²) in [6.07, 6.45) is 1.40. The van der Waals surface area contributed by atoms with Crippen molar-refractivity contribution in [2.24, 2.45) is 5.73 Å². The van der Waals surface area contributed by atoms with Gasteiger partial charge >= 0.3 is 0 Å². The van der Waals surface area contributed by atoms with Crippen LogP contribution in [0.1, 0.15) is 23.2 Å². The summed E-state index contributed by atoms with van der Waals surface area (Å²) in [7, 11) is 1.63. The van der Waals surface area contributed by atoms with Gasteiger partial charge in [-0.2, -0.15) is 0 Å². The maximum absolute atomic E-state index is 13.4. The fourth-order valence-electron chi connectivity index (χ4n) is 2.56. The lowest BCUT2D eigenvalue weighted by Gasteiger charge is -2.38. The average Bonchev–Trinajstić information content (AvgIpc) is 2.49. The molecule has 124 valence electrons. The number of hydrogen-bond donors (Lipinski definition) is 1. The van der Waals surface area contributed by atoms with Gasteiger partial charge in [0.25, 0.3) is 5.91 Å². The van der Waals surface area contributed by atoms with E-state index in [1.807, 2.05) is 0 Å². The zero-order chi connectivity index (χ0) is 15.6. The third-order valence-electron chi connectivity index (χ3n) is 3.77. The highest BCUT2D eigenvalue weighted by atomic mass is 79.9. The van der Waals surface area contributed by atoms with Crippen LogP contribution in [0.3, 0.4) is 0 Å². The molecule has 1 heterocycles. The zero-order valence-electron chi connectivity index (χ0n) is 12.0. The first-order valence-electron chi connectivity index (χ1n) is 6.66. The summed E-state index contributed by atoms with van der Waals surface area (Å²) in [5.41, 5.74) is 5.82. The van der Waals surface area contributed by atoms with Crippen LogP contribution < -0.4 is 5.73 Å². The van der Waals surface area contributed by atoms with Crippen LogP contribution in [0.25, 0.3) is 0 Å². The Morgan fingerprint density at radius 3 is 2.68 bits per heavy atom. The molecule has 1 saturated heterocycles. The van der Waals surface area contributed by atoms with E-state index in [2.05, 4.69) is 15.9 Å². The molecule has 1 amide bonds. The summed E-state index contributed by atoms with van der Waals surface area (Å²) in [5.74, 6) is -2.39. The topological polar surface area (TPSA) is 55.6 Å². The lowest BCUT2D eigenvalue weighted by molar-refractivity contribution is 0.0138. The molecular weight excluding hydrogens is 382 g/mol. The molecule has 0 bridgehead atoms. The molecule has 22 heavy (non-hydrogen) atoms. The van der Waals surface area contributed by atoms with Crippen molar-refractivity contribution < 1.29 is 18.3 Å². The van der Waals surface area contributed by atoms with E-state index < -0.39 is 11.6 Å². The summed E-state index contributed by atoms with van der Waals surface area (Å²) in [6.45, 7) is 0.775. The van der Waals surface area contributed by atoms with Crippen LogP contribution in [-0.2, 0) is 4.74 Å². The van der Waals surface area contributed by atoms with Gasteiger partial charge in [0.05, 0.1) is 11.7 Å². The number of likely N-dealkylation sites (tertiary alicyclic amines) is 1. The molecule has 2 rings (SSSR count). The van der Waals surface area contributed by atoms with Crippen LogP contribution in [0.15, 0.2) is 16.6 Å². The second-order valence-corrected chi connectivity index (χ2v) is 5.87. The summed E-state index contributed by atoms with van der Waals surface area (Å²) in [5, 5.41) is 0. The summed E-state index contributed by atoms with van der Waals surface area (Å²) >= 11 is 3.11. The Morgan fingerprint density at radius 1 is 1.45 bits per heavy atom. The number of nitrogens with zero attached hydrogens (tertiary/aromatic N) is 1. The second-order valence-electron chi connectivity index (χ2n) is 5.02. The highest BCUT2D eigenvalue weighted by Crippen LogP contribution is 2.26. The molecule has 0 aromatic heterocycles. The minimum absolute atomic E-state index is 0.